The largest absolute Gasteiger partial charge is 0.211 e. The summed E-state index contributed by atoms with van der Waals surface area (Å²) in [4.78, 5) is 0. The minimum atomic E-state index is -0.542. The zero-order valence-corrected chi connectivity index (χ0v) is 7.70. The molecule has 68 valence electrons. The van der Waals surface area contributed by atoms with Gasteiger partial charge in [-0.3, -0.25) is 0 Å². The maximum absolute atomic E-state index is 13.1. The van der Waals surface area contributed by atoms with Crippen LogP contribution in [0.25, 0.3) is 0 Å². The molecule has 0 unspecified atom stereocenters. The Bertz CT molecular complexity index is 218. The van der Waals surface area contributed by atoms with Crippen molar-refractivity contribution in [1.82, 2.24) is 0 Å². The minimum Gasteiger partial charge on any atom is -0.211 e. The van der Waals surface area contributed by atoms with Crippen molar-refractivity contribution in [3.63, 3.8) is 0 Å². The molecule has 2 heteroatoms. The maximum atomic E-state index is 13.1. The molecular formula is C10H14F2. The molecule has 0 N–H and O–H groups in total. The summed E-state index contributed by atoms with van der Waals surface area (Å²) in [7, 11) is 0. The van der Waals surface area contributed by atoms with Gasteiger partial charge in [-0.25, -0.2) is 8.78 Å². The Hall–Kier alpha value is -0.920. The Morgan fingerprint density at radius 2 is 1.83 bits per heavy atom. The second-order valence-corrected chi connectivity index (χ2v) is 2.91. The summed E-state index contributed by atoms with van der Waals surface area (Å²) in [5, 5.41) is 0. The van der Waals surface area contributed by atoms with Gasteiger partial charge in [-0.05, 0) is 18.9 Å². The lowest BCUT2D eigenvalue weighted by molar-refractivity contribution is 0.593. The zero-order valence-electron chi connectivity index (χ0n) is 7.70. The van der Waals surface area contributed by atoms with Gasteiger partial charge >= 0.3 is 0 Å². The average molecular weight is 172 g/mol. The molecule has 0 atom stereocenters. The highest BCUT2D eigenvalue weighted by Crippen LogP contribution is 2.19. The maximum Gasteiger partial charge on any atom is 0.129 e. The first kappa shape index (κ1) is 11.1. The van der Waals surface area contributed by atoms with Crippen molar-refractivity contribution in [3.05, 3.63) is 36.0 Å². The van der Waals surface area contributed by atoms with Crippen LogP contribution in [0.4, 0.5) is 8.78 Å². The van der Waals surface area contributed by atoms with Gasteiger partial charge in [0, 0.05) is 5.57 Å². The molecule has 0 spiro atoms. The van der Waals surface area contributed by atoms with Crippen LogP contribution >= 0.6 is 0 Å². The monoisotopic (exact) mass is 172 g/mol. The molecule has 0 fully saturated rings. The molecule has 0 rings (SSSR count). The van der Waals surface area contributed by atoms with Crippen LogP contribution in [0.1, 0.15) is 20.8 Å². The van der Waals surface area contributed by atoms with Crippen molar-refractivity contribution in [1.29, 1.82) is 0 Å². The average Bonchev–Trinajstić information content (AvgIpc) is 1.85. The normalized spacial score (nSPS) is 14.7. The van der Waals surface area contributed by atoms with Gasteiger partial charge < -0.3 is 0 Å². The summed E-state index contributed by atoms with van der Waals surface area (Å²) < 4.78 is 25.7. The minimum absolute atomic E-state index is 0.0521. The van der Waals surface area contributed by atoms with Crippen LogP contribution in [0.3, 0.4) is 0 Å². The van der Waals surface area contributed by atoms with E-state index in [2.05, 4.69) is 6.58 Å². The highest BCUT2D eigenvalue weighted by molar-refractivity contribution is 5.36. The van der Waals surface area contributed by atoms with Crippen LogP contribution in [0.2, 0.25) is 0 Å². The number of hydrogen-bond acceptors (Lipinski definition) is 0. The van der Waals surface area contributed by atoms with E-state index in [-0.39, 0.29) is 11.5 Å². The standard InChI is InChI=1S/C10H14F2/c1-5-9(8(4)11)10(12)6-7(2)3/h5-7H,1H2,2-4H3/b9-8+,10-6+. The van der Waals surface area contributed by atoms with Gasteiger partial charge in [-0.2, -0.15) is 0 Å². The van der Waals surface area contributed by atoms with E-state index < -0.39 is 11.7 Å². The molecule has 0 aromatic carbocycles. The summed E-state index contributed by atoms with van der Waals surface area (Å²) in [5.74, 6) is -1.02. The van der Waals surface area contributed by atoms with Gasteiger partial charge in [0.15, 0.2) is 0 Å². The summed E-state index contributed by atoms with van der Waals surface area (Å²) >= 11 is 0. The smallest absolute Gasteiger partial charge is 0.129 e. The lowest BCUT2D eigenvalue weighted by Gasteiger charge is -2.00. The fourth-order valence-electron chi connectivity index (χ4n) is 0.785. The second kappa shape index (κ2) is 4.86. The second-order valence-electron chi connectivity index (χ2n) is 2.91. The summed E-state index contributed by atoms with van der Waals surface area (Å²) in [6, 6.07) is 0. The van der Waals surface area contributed by atoms with E-state index in [9.17, 15) is 8.78 Å². The highest BCUT2D eigenvalue weighted by atomic mass is 19.1. The fourth-order valence-corrected chi connectivity index (χ4v) is 0.785. The van der Waals surface area contributed by atoms with E-state index in [4.69, 9.17) is 0 Å². The van der Waals surface area contributed by atoms with Crippen molar-refractivity contribution < 1.29 is 8.78 Å². The van der Waals surface area contributed by atoms with Gasteiger partial charge in [-0.15, -0.1) is 0 Å². The summed E-state index contributed by atoms with van der Waals surface area (Å²) in [5.41, 5.74) is -0.0521. The molecule has 0 bridgehead atoms. The molecule has 12 heavy (non-hydrogen) atoms. The molecule has 0 aliphatic heterocycles. The SMILES string of the molecule is C=CC(/C(F)=C\C(C)C)=C(/C)F. The quantitative estimate of drug-likeness (QED) is 0.566. The lowest BCUT2D eigenvalue weighted by Crippen LogP contribution is -1.86. The molecule has 0 aromatic rings. The fraction of sp³-hybridized carbons (Fsp3) is 0.400. The molecule has 0 amide bonds. The first-order valence-corrected chi connectivity index (χ1v) is 3.85. The van der Waals surface area contributed by atoms with Crippen LogP contribution in [-0.2, 0) is 0 Å². The van der Waals surface area contributed by atoms with Crippen molar-refractivity contribution in [2.45, 2.75) is 20.8 Å². The van der Waals surface area contributed by atoms with E-state index in [1.807, 2.05) is 13.8 Å². The van der Waals surface area contributed by atoms with Gasteiger partial charge in [0.2, 0.25) is 0 Å². The van der Waals surface area contributed by atoms with E-state index in [0.717, 1.165) is 0 Å². The predicted octanol–water partition coefficient (Wildman–Crippen LogP) is 3.93. The molecule has 0 nitrogen and oxygen atoms in total. The molecule has 0 saturated heterocycles. The van der Waals surface area contributed by atoms with Crippen LogP contribution in [-0.4, -0.2) is 0 Å². The molecule has 0 aromatic heterocycles. The van der Waals surface area contributed by atoms with Gasteiger partial charge in [0.25, 0.3) is 0 Å². The van der Waals surface area contributed by atoms with E-state index in [1.54, 1.807) is 0 Å². The van der Waals surface area contributed by atoms with Crippen molar-refractivity contribution in [2.75, 3.05) is 0 Å². The predicted molar refractivity (Wildman–Crippen MR) is 48.0 cm³/mol. The van der Waals surface area contributed by atoms with Gasteiger partial charge in [0.05, 0.1) is 0 Å². The van der Waals surface area contributed by atoms with Crippen LogP contribution in [0, 0.1) is 5.92 Å². The number of allylic oxidation sites excluding steroid dienone is 5. The Balaban J connectivity index is 4.78. The van der Waals surface area contributed by atoms with Crippen molar-refractivity contribution in [2.24, 2.45) is 5.92 Å². The number of hydrogen-bond donors (Lipinski definition) is 0. The number of halogens is 2. The Labute approximate surface area is 72.3 Å². The Morgan fingerprint density at radius 1 is 1.33 bits per heavy atom. The Kier molecular flexibility index (Phi) is 4.49. The topological polar surface area (TPSA) is 0 Å². The van der Waals surface area contributed by atoms with E-state index >= 15 is 0 Å². The first-order chi connectivity index (χ1) is 5.49. The van der Waals surface area contributed by atoms with Gasteiger partial charge in [0.1, 0.15) is 11.7 Å². The molecule has 0 aliphatic carbocycles. The third-order valence-electron chi connectivity index (χ3n) is 1.31. The Morgan fingerprint density at radius 3 is 2.08 bits per heavy atom. The lowest BCUT2D eigenvalue weighted by atomic mass is 10.1. The van der Waals surface area contributed by atoms with Crippen molar-refractivity contribution in [3.8, 4) is 0 Å². The summed E-state index contributed by atoms with van der Waals surface area (Å²) in [6.45, 7) is 8.20. The molecule has 0 aliphatic rings. The van der Waals surface area contributed by atoms with Crippen LogP contribution in [0.5, 0.6) is 0 Å². The highest BCUT2D eigenvalue weighted by Gasteiger charge is 2.04. The van der Waals surface area contributed by atoms with Crippen molar-refractivity contribution >= 4 is 0 Å². The van der Waals surface area contributed by atoms with Gasteiger partial charge in [-0.1, -0.05) is 26.5 Å². The molecule has 0 saturated carbocycles. The number of rotatable bonds is 3. The van der Waals surface area contributed by atoms with E-state index in [0.29, 0.717) is 0 Å². The van der Waals surface area contributed by atoms with E-state index in [1.165, 1.54) is 19.1 Å². The third kappa shape index (κ3) is 3.46. The zero-order chi connectivity index (χ0) is 9.72. The van der Waals surface area contributed by atoms with Crippen LogP contribution in [0.15, 0.2) is 36.0 Å². The molecular weight excluding hydrogens is 158 g/mol. The molecule has 0 heterocycles. The molecule has 0 radical (unpaired) electrons. The summed E-state index contributed by atoms with van der Waals surface area (Å²) in [6.07, 6.45) is 2.55. The first-order valence-electron chi connectivity index (χ1n) is 3.85. The third-order valence-corrected chi connectivity index (χ3v) is 1.31. The van der Waals surface area contributed by atoms with Crippen LogP contribution < -0.4 is 0 Å².